The molecule has 5 aromatic rings. The maximum Gasteiger partial charge on any atom is 0.416 e. The molecule has 43 heavy (non-hydrogen) atoms. The number of benzene rings is 3. The van der Waals surface area contributed by atoms with Gasteiger partial charge in [-0.05, 0) is 60.2 Å². The van der Waals surface area contributed by atoms with Crippen LogP contribution in [-0.2, 0) is 6.18 Å². The largest absolute Gasteiger partial charge is 0.416 e. The van der Waals surface area contributed by atoms with Crippen LogP contribution in [0.4, 0.5) is 27.6 Å². The highest BCUT2D eigenvalue weighted by Crippen LogP contribution is 2.42. The molecule has 13 heteroatoms. The summed E-state index contributed by atoms with van der Waals surface area (Å²) in [5, 5.41) is 15.1. The predicted octanol–water partition coefficient (Wildman–Crippen LogP) is 6.91. The van der Waals surface area contributed by atoms with Gasteiger partial charge >= 0.3 is 6.18 Å². The van der Waals surface area contributed by atoms with Gasteiger partial charge in [0.1, 0.15) is 17.3 Å². The van der Waals surface area contributed by atoms with E-state index in [4.69, 9.17) is 11.6 Å². The summed E-state index contributed by atoms with van der Waals surface area (Å²) in [6.45, 7) is 0. The van der Waals surface area contributed by atoms with E-state index in [2.05, 4.69) is 21.7 Å². The molecule has 214 valence electrons. The van der Waals surface area contributed by atoms with Gasteiger partial charge in [0.2, 0.25) is 0 Å². The number of rotatable bonds is 4. The van der Waals surface area contributed by atoms with Crippen molar-refractivity contribution in [1.82, 2.24) is 14.7 Å². The number of halogens is 6. The molecule has 3 heterocycles. The molecule has 1 aliphatic heterocycles. The van der Waals surface area contributed by atoms with Crippen LogP contribution in [0.25, 0.3) is 16.8 Å². The van der Waals surface area contributed by atoms with E-state index in [-0.39, 0.29) is 44.6 Å². The van der Waals surface area contributed by atoms with Crippen molar-refractivity contribution >= 4 is 34.7 Å². The third-order valence-electron chi connectivity index (χ3n) is 6.96. The van der Waals surface area contributed by atoms with Crippen LogP contribution in [-0.4, -0.2) is 21.2 Å². The third-order valence-corrected chi connectivity index (χ3v) is 7.30. The van der Waals surface area contributed by atoms with Gasteiger partial charge in [-0.25, -0.2) is 13.8 Å². The number of hydrogen-bond donors (Lipinski definition) is 2. The number of hydrogen-bond acceptors (Lipinski definition) is 4. The van der Waals surface area contributed by atoms with Crippen molar-refractivity contribution in [2.24, 2.45) is 0 Å². The van der Waals surface area contributed by atoms with Gasteiger partial charge in [-0.2, -0.15) is 18.4 Å². The highest BCUT2D eigenvalue weighted by molar-refractivity contribution is 6.31. The lowest BCUT2D eigenvalue weighted by Gasteiger charge is -2.19. The molecular formula is C30H15ClF5N5O2. The van der Waals surface area contributed by atoms with E-state index < -0.39 is 46.8 Å². The molecule has 0 radical (unpaired) electrons. The Balaban J connectivity index is 1.55. The van der Waals surface area contributed by atoms with E-state index in [9.17, 15) is 36.8 Å². The van der Waals surface area contributed by atoms with E-state index in [0.29, 0.717) is 23.3 Å². The summed E-state index contributed by atoms with van der Waals surface area (Å²) in [7, 11) is 0. The quantitative estimate of drug-likeness (QED) is 0.217. The average molecular weight is 608 g/mol. The van der Waals surface area contributed by atoms with Gasteiger partial charge < -0.3 is 15.0 Å². The molecular weight excluding hydrogens is 593 g/mol. The molecule has 2 N–H and O–H groups in total. The number of anilines is 1. The molecule has 7 nitrogen and oxygen atoms in total. The van der Waals surface area contributed by atoms with E-state index in [0.717, 1.165) is 12.1 Å². The van der Waals surface area contributed by atoms with Gasteiger partial charge in [0.25, 0.3) is 11.8 Å². The standard InChI is InChI=1S/C30H15ClF5N5O2/c31-23-2-1-18(32)11-20(23)27-26-21(29(43)40-27)7-14(22-13-41-4-3-38-25(41)9-16(22)12-37)8-24(26)39-28(42)15-5-17(30(34,35)36)10-19(33)6-15/h1-11,13,27H,(H,39,42)(H,40,43)/t27-/m0/s1. The molecule has 0 saturated heterocycles. The number of carbonyl (C=O) groups excluding carboxylic acids is 2. The van der Waals surface area contributed by atoms with Gasteiger partial charge in [0.05, 0.1) is 23.2 Å². The molecule has 3 aromatic carbocycles. The van der Waals surface area contributed by atoms with Crippen molar-refractivity contribution in [2.75, 3.05) is 5.32 Å². The van der Waals surface area contributed by atoms with Crippen molar-refractivity contribution < 1.29 is 31.5 Å². The second-order valence-electron chi connectivity index (χ2n) is 9.64. The Morgan fingerprint density at radius 1 is 1.05 bits per heavy atom. The summed E-state index contributed by atoms with van der Waals surface area (Å²) < 4.78 is 70.1. The molecule has 0 saturated carbocycles. The highest BCUT2D eigenvalue weighted by atomic mass is 35.5. The van der Waals surface area contributed by atoms with Crippen molar-refractivity contribution in [3.63, 3.8) is 0 Å². The number of amides is 2. The third kappa shape index (κ3) is 5.04. The van der Waals surface area contributed by atoms with Crippen LogP contribution in [0.1, 0.15) is 49.0 Å². The van der Waals surface area contributed by atoms with Gasteiger partial charge in [-0.1, -0.05) is 11.6 Å². The maximum absolute atomic E-state index is 14.2. The Labute approximate surface area is 244 Å². The summed E-state index contributed by atoms with van der Waals surface area (Å²) in [6.07, 6.45) is -0.186. The zero-order valence-corrected chi connectivity index (χ0v) is 22.2. The Bertz CT molecular complexity index is 2030. The molecule has 0 fully saturated rings. The first-order valence-corrected chi connectivity index (χ1v) is 12.8. The van der Waals surface area contributed by atoms with E-state index in [1.54, 1.807) is 16.8 Å². The number of alkyl halides is 3. The zero-order valence-electron chi connectivity index (χ0n) is 21.4. The molecule has 1 aliphatic rings. The number of imidazole rings is 1. The molecule has 1 atom stereocenters. The van der Waals surface area contributed by atoms with Crippen LogP contribution < -0.4 is 10.6 Å². The van der Waals surface area contributed by atoms with Gasteiger partial charge in [-0.3, -0.25) is 9.59 Å². The highest BCUT2D eigenvalue weighted by Gasteiger charge is 2.36. The summed E-state index contributed by atoms with van der Waals surface area (Å²) in [5.74, 6) is -3.67. The SMILES string of the molecule is N#Cc1cc2nccn2cc1-c1cc(NC(=O)c2cc(F)cc(C(F)(F)F)c2)c2c(c1)C(=O)N[C@H]2c1cc(F)ccc1Cl. The first-order valence-electron chi connectivity index (χ1n) is 12.4. The van der Waals surface area contributed by atoms with E-state index in [1.165, 1.54) is 30.5 Å². The smallest absolute Gasteiger partial charge is 0.341 e. The molecule has 0 spiro atoms. The second-order valence-corrected chi connectivity index (χ2v) is 10.1. The summed E-state index contributed by atoms with van der Waals surface area (Å²) in [5.41, 5.74) is -0.458. The van der Waals surface area contributed by atoms with Crippen molar-refractivity contribution in [2.45, 2.75) is 12.2 Å². The van der Waals surface area contributed by atoms with Crippen molar-refractivity contribution in [3.8, 4) is 17.2 Å². The molecule has 0 bridgehead atoms. The zero-order chi connectivity index (χ0) is 30.6. The minimum absolute atomic E-state index is 0.0305. The van der Waals surface area contributed by atoms with Crippen molar-refractivity contribution in [1.29, 1.82) is 5.26 Å². The predicted molar refractivity (Wildman–Crippen MR) is 145 cm³/mol. The number of carbonyl (C=O) groups is 2. The first-order chi connectivity index (χ1) is 20.4. The van der Waals surface area contributed by atoms with Crippen molar-refractivity contribution in [3.05, 3.63) is 123 Å². The number of pyridine rings is 1. The van der Waals surface area contributed by atoms with Crippen LogP contribution >= 0.6 is 11.6 Å². The molecule has 0 unspecified atom stereocenters. The Morgan fingerprint density at radius 2 is 1.84 bits per heavy atom. The Kier molecular flexibility index (Phi) is 6.62. The molecule has 6 rings (SSSR count). The summed E-state index contributed by atoms with van der Waals surface area (Å²) in [4.78, 5) is 30.7. The summed E-state index contributed by atoms with van der Waals surface area (Å²) in [6, 6.07) is 10.3. The fraction of sp³-hybridized carbons (Fsp3) is 0.0667. The van der Waals surface area contributed by atoms with E-state index in [1.807, 2.05) is 0 Å². The summed E-state index contributed by atoms with van der Waals surface area (Å²) >= 11 is 6.34. The Morgan fingerprint density at radius 3 is 2.58 bits per heavy atom. The minimum Gasteiger partial charge on any atom is -0.341 e. The Hall–Kier alpha value is -5.28. The maximum atomic E-state index is 14.2. The second kappa shape index (κ2) is 10.2. The number of nitrogens with zero attached hydrogens (tertiary/aromatic N) is 3. The van der Waals surface area contributed by atoms with Gasteiger partial charge in [0.15, 0.2) is 0 Å². The average Bonchev–Trinajstić information content (AvgIpc) is 3.56. The topological polar surface area (TPSA) is 99.3 Å². The fourth-order valence-electron chi connectivity index (χ4n) is 5.02. The lowest BCUT2D eigenvalue weighted by Crippen LogP contribution is -2.21. The minimum atomic E-state index is -4.92. The number of nitrogens with one attached hydrogen (secondary N) is 2. The van der Waals surface area contributed by atoms with Crippen LogP contribution in [0.15, 0.2) is 73.2 Å². The normalized spacial score (nSPS) is 14.3. The molecule has 0 aliphatic carbocycles. The van der Waals surface area contributed by atoms with Crippen LogP contribution in [0, 0.1) is 23.0 Å². The lowest BCUT2D eigenvalue weighted by molar-refractivity contribution is -0.137. The van der Waals surface area contributed by atoms with E-state index >= 15 is 0 Å². The van der Waals surface area contributed by atoms with Crippen LogP contribution in [0.3, 0.4) is 0 Å². The number of nitriles is 1. The van der Waals surface area contributed by atoms with Gasteiger partial charge in [0, 0.05) is 57.1 Å². The van der Waals surface area contributed by atoms with Crippen LogP contribution in [0.2, 0.25) is 5.02 Å². The molecule has 2 amide bonds. The van der Waals surface area contributed by atoms with Gasteiger partial charge in [-0.15, -0.1) is 0 Å². The first kappa shape index (κ1) is 27.9. The fourth-order valence-corrected chi connectivity index (χ4v) is 5.25. The lowest BCUT2D eigenvalue weighted by atomic mass is 9.92. The molecule has 2 aromatic heterocycles. The van der Waals surface area contributed by atoms with Crippen LogP contribution in [0.5, 0.6) is 0 Å². The monoisotopic (exact) mass is 607 g/mol. The number of fused-ring (bicyclic) bond motifs is 2. The number of aromatic nitrogens is 2.